The van der Waals surface area contributed by atoms with Gasteiger partial charge in [-0.2, -0.15) is 0 Å². The third kappa shape index (κ3) is 7.34. The van der Waals surface area contributed by atoms with E-state index in [9.17, 15) is 9.90 Å². The number of fused-ring (bicyclic) bond motifs is 1. The molecule has 0 amide bonds. The fourth-order valence-corrected chi connectivity index (χ4v) is 5.83. The number of hydrogen-bond acceptors (Lipinski definition) is 3. The molecule has 1 aliphatic carbocycles. The number of ether oxygens (including phenoxy) is 1. The quantitative estimate of drug-likeness (QED) is 0.278. The number of benzene rings is 3. The Morgan fingerprint density at radius 2 is 1.49 bits per heavy atom. The Morgan fingerprint density at radius 3 is 2.00 bits per heavy atom. The molecule has 4 heteroatoms. The van der Waals surface area contributed by atoms with Crippen molar-refractivity contribution in [3.05, 3.63) is 99.6 Å². The van der Waals surface area contributed by atoms with Gasteiger partial charge in [0.2, 0.25) is 0 Å². The van der Waals surface area contributed by atoms with Crippen LogP contribution in [0.5, 0.6) is 5.75 Å². The topological polar surface area (TPSA) is 58.6 Å². The van der Waals surface area contributed by atoms with Crippen LogP contribution in [0.2, 0.25) is 0 Å². The molecule has 4 nitrogen and oxygen atoms in total. The summed E-state index contributed by atoms with van der Waals surface area (Å²) in [5, 5.41) is 12.9. The van der Waals surface area contributed by atoms with Gasteiger partial charge in [0.15, 0.2) is 0 Å². The fourth-order valence-electron chi connectivity index (χ4n) is 5.83. The van der Waals surface area contributed by atoms with E-state index in [1.54, 1.807) is 12.1 Å². The summed E-state index contributed by atoms with van der Waals surface area (Å²) < 4.78 is 6.79. The molecule has 0 aromatic heterocycles. The summed E-state index contributed by atoms with van der Waals surface area (Å²) in [4.78, 5) is 11.4. The Labute approximate surface area is 259 Å². The first-order valence-corrected chi connectivity index (χ1v) is 15.6. The molecule has 0 spiro atoms. The number of aromatic carboxylic acids is 1. The molecule has 0 heterocycles. The molecule has 1 aliphatic rings. The average Bonchev–Trinajstić information content (AvgIpc) is 2.90. The molecular formula is C39H51NO3. The van der Waals surface area contributed by atoms with Crippen molar-refractivity contribution in [2.45, 2.75) is 111 Å². The monoisotopic (exact) mass is 581 g/mol. The zero-order valence-corrected chi connectivity index (χ0v) is 28.1. The van der Waals surface area contributed by atoms with Gasteiger partial charge in [-0.3, -0.25) is 0 Å². The van der Waals surface area contributed by atoms with Gasteiger partial charge in [-0.15, -0.1) is 0 Å². The molecule has 230 valence electrons. The Kier molecular flexibility index (Phi) is 8.94. The van der Waals surface area contributed by atoms with Gasteiger partial charge in [0.25, 0.3) is 0 Å². The summed E-state index contributed by atoms with van der Waals surface area (Å²) in [7, 11) is 0. The highest BCUT2D eigenvalue weighted by molar-refractivity contribution is 5.88. The van der Waals surface area contributed by atoms with Crippen LogP contribution in [0.1, 0.15) is 132 Å². The summed E-state index contributed by atoms with van der Waals surface area (Å²) in [6.07, 6.45) is 3.41. The molecule has 0 radical (unpaired) electrons. The zero-order valence-electron chi connectivity index (χ0n) is 28.1. The number of carboxylic acids is 1. The van der Waals surface area contributed by atoms with Crippen LogP contribution in [0, 0.1) is 5.92 Å². The Bertz CT molecular complexity index is 1480. The highest BCUT2D eigenvalue weighted by atomic mass is 16.5. The third-order valence-corrected chi connectivity index (χ3v) is 8.75. The minimum Gasteiger partial charge on any atom is -0.489 e. The van der Waals surface area contributed by atoms with Gasteiger partial charge in [-0.05, 0) is 105 Å². The second-order valence-corrected chi connectivity index (χ2v) is 15.3. The summed E-state index contributed by atoms with van der Waals surface area (Å²) in [6, 6.07) is 18.4. The molecule has 0 saturated heterocycles. The lowest BCUT2D eigenvalue weighted by atomic mass is 9.71. The smallest absolute Gasteiger partial charge is 0.335 e. The van der Waals surface area contributed by atoms with Gasteiger partial charge in [0.05, 0.1) is 11.6 Å². The van der Waals surface area contributed by atoms with Crippen molar-refractivity contribution >= 4 is 17.2 Å². The molecule has 43 heavy (non-hydrogen) atoms. The van der Waals surface area contributed by atoms with Crippen LogP contribution in [0.25, 0.3) is 5.57 Å². The minimum absolute atomic E-state index is 0.000745. The van der Waals surface area contributed by atoms with E-state index in [0.29, 0.717) is 12.5 Å². The number of carboxylic acid groups (broad SMARTS) is 1. The average molecular weight is 582 g/mol. The van der Waals surface area contributed by atoms with Crippen LogP contribution in [0.3, 0.4) is 0 Å². The molecule has 4 rings (SSSR count). The lowest BCUT2D eigenvalue weighted by Gasteiger charge is -2.35. The highest BCUT2D eigenvalue weighted by Gasteiger charge is 2.31. The summed E-state index contributed by atoms with van der Waals surface area (Å²) in [5.74, 6) is 0.375. The van der Waals surface area contributed by atoms with E-state index in [1.807, 2.05) is 12.1 Å². The molecule has 0 fully saturated rings. The lowest BCUT2D eigenvalue weighted by molar-refractivity contribution is 0.0697. The van der Waals surface area contributed by atoms with Gasteiger partial charge < -0.3 is 15.2 Å². The van der Waals surface area contributed by atoms with E-state index in [-0.39, 0.29) is 27.9 Å². The van der Waals surface area contributed by atoms with Crippen molar-refractivity contribution in [1.29, 1.82) is 0 Å². The summed E-state index contributed by atoms with van der Waals surface area (Å²) in [5.41, 5.74) is 10.1. The first-order chi connectivity index (χ1) is 19.9. The maximum Gasteiger partial charge on any atom is 0.335 e. The third-order valence-electron chi connectivity index (χ3n) is 8.75. The van der Waals surface area contributed by atoms with E-state index in [2.05, 4.69) is 118 Å². The van der Waals surface area contributed by atoms with E-state index in [1.165, 1.54) is 33.4 Å². The molecule has 2 N–H and O–H groups in total. The number of carbonyl (C=O) groups is 1. The number of allylic oxidation sites excluding steroid dienone is 2. The Morgan fingerprint density at radius 1 is 0.907 bits per heavy atom. The molecule has 0 saturated carbocycles. The summed E-state index contributed by atoms with van der Waals surface area (Å²) in [6.45, 7) is 25.4. The van der Waals surface area contributed by atoms with Crippen LogP contribution in [-0.2, 0) is 22.9 Å². The van der Waals surface area contributed by atoms with Gasteiger partial charge >= 0.3 is 5.97 Å². The van der Waals surface area contributed by atoms with Gasteiger partial charge in [-0.25, -0.2) is 4.79 Å². The Hall–Kier alpha value is -3.53. The Balaban J connectivity index is 1.78. The molecule has 3 aromatic carbocycles. The van der Waals surface area contributed by atoms with Crippen LogP contribution in [0.15, 0.2) is 60.7 Å². The van der Waals surface area contributed by atoms with E-state index in [0.717, 1.165) is 23.4 Å². The van der Waals surface area contributed by atoms with Crippen LogP contribution >= 0.6 is 0 Å². The molecular weight excluding hydrogens is 530 g/mol. The van der Waals surface area contributed by atoms with Crippen molar-refractivity contribution in [2.24, 2.45) is 5.92 Å². The SMILES string of the molecule is CC(C)C1=CCC(C)(C)c2cc(OCc3cc(C(C)(C)C)cc(C(C)(C)C)c3)c(C(C)Nc3ccc(C(=O)O)cc3)cc21. The second kappa shape index (κ2) is 11.9. The van der Waals surface area contributed by atoms with Gasteiger partial charge in [0.1, 0.15) is 12.4 Å². The molecule has 0 bridgehead atoms. The van der Waals surface area contributed by atoms with Gasteiger partial charge in [-0.1, -0.05) is 93.5 Å². The predicted molar refractivity (Wildman–Crippen MR) is 181 cm³/mol. The van der Waals surface area contributed by atoms with Crippen molar-refractivity contribution < 1.29 is 14.6 Å². The molecule has 1 unspecified atom stereocenters. The van der Waals surface area contributed by atoms with Crippen molar-refractivity contribution in [3.8, 4) is 5.75 Å². The highest BCUT2D eigenvalue weighted by Crippen LogP contribution is 2.45. The zero-order chi connectivity index (χ0) is 31.9. The number of anilines is 1. The van der Waals surface area contributed by atoms with Crippen LogP contribution in [-0.4, -0.2) is 11.1 Å². The molecule has 1 atom stereocenters. The maximum absolute atomic E-state index is 11.4. The van der Waals surface area contributed by atoms with E-state index < -0.39 is 5.97 Å². The molecule has 0 aliphatic heterocycles. The standard InChI is InChI=1S/C39H51NO3/c1-24(2)31-16-17-39(10,11)34-22-35(43-23-26-18-28(37(4,5)6)20-29(19-26)38(7,8)9)32(21-33(31)34)25(3)40-30-14-12-27(13-15-30)36(41)42/h12-16,18-22,24-25,40H,17,23H2,1-11H3,(H,41,42). The molecule has 3 aromatic rings. The first-order valence-electron chi connectivity index (χ1n) is 15.6. The van der Waals surface area contributed by atoms with Crippen LogP contribution < -0.4 is 10.1 Å². The van der Waals surface area contributed by atoms with Crippen LogP contribution in [0.4, 0.5) is 5.69 Å². The predicted octanol–water partition coefficient (Wildman–Crippen LogP) is 10.5. The van der Waals surface area contributed by atoms with E-state index in [4.69, 9.17) is 4.74 Å². The second-order valence-electron chi connectivity index (χ2n) is 15.3. The summed E-state index contributed by atoms with van der Waals surface area (Å²) >= 11 is 0. The number of nitrogens with one attached hydrogen (secondary N) is 1. The number of rotatable bonds is 8. The van der Waals surface area contributed by atoms with Crippen molar-refractivity contribution in [1.82, 2.24) is 0 Å². The lowest BCUT2D eigenvalue weighted by Crippen LogP contribution is -2.24. The number of hydrogen-bond donors (Lipinski definition) is 2. The minimum atomic E-state index is -0.925. The fraction of sp³-hybridized carbons (Fsp3) is 0.462. The largest absolute Gasteiger partial charge is 0.489 e. The first kappa shape index (κ1) is 32.4. The maximum atomic E-state index is 11.4. The normalized spacial score (nSPS) is 15.5. The van der Waals surface area contributed by atoms with Crippen molar-refractivity contribution in [3.63, 3.8) is 0 Å². The van der Waals surface area contributed by atoms with Crippen molar-refractivity contribution in [2.75, 3.05) is 5.32 Å². The van der Waals surface area contributed by atoms with E-state index >= 15 is 0 Å². The van der Waals surface area contributed by atoms with Gasteiger partial charge in [0, 0.05) is 11.3 Å².